The first-order valence-electron chi connectivity index (χ1n) is 3.11. The predicted octanol–water partition coefficient (Wildman–Crippen LogP) is 0.876. The van der Waals surface area contributed by atoms with Crippen LogP contribution < -0.4 is 10.5 Å². The SMILES string of the molecule is CC(C)(C)C(=O)SNC(N)=O. The van der Waals surface area contributed by atoms with Crippen LogP contribution >= 0.6 is 11.9 Å². The third-order valence-corrected chi connectivity index (χ3v) is 1.96. The molecule has 0 aliphatic rings. The molecule has 64 valence electrons. The number of primary amides is 1. The molecular formula is C6H12N2O2S. The first-order valence-corrected chi connectivity index (χ1v) is 3.92. The van der Waals surface area contributed by atoms with E-state index in [-0.39, 0.29) is 5.12 Å². The topological polar surface area (TPSA) is 72.2 Å². The van der Waals surface area contributed by atoms with Crippen molar-refractivity contribution in [1.29, 1.82) is 0 Å². The number of carbonyl (C=O) groups is 2. The molecule has 0 radical (unpaired) electrons. The van der Waals surface area contributed by atoms with Crippen LogP contribution in [0.3, 0.4) is 0 Å². The minimum atomic E-state index is -0.701. The molecule has 0 saturated heterocycles. The van der Waals surface area contributed by atoms with Crippen molar-refractivity contribution in [2.45, 2.75) is 20.8 Å². The molecule has 5 heteroatoms. The van der Waals surface area contributed by atoms with E-state index in [1.165, 1.54) is 0 Å². The Bertz CT molecular complexity index is 174. The molecule has 0 bridgehead atoms. The van der Waals surface area contributed by atoms with Gasteiger partial charge in [0, 0.05) is 17.4 Å². The second-order valence-electron chi connectivity index (χ2n) is 3.11. The Balaban J connectivity index is 3.80. The van der Waals surface area contributed by atoms with E-state index in [2.05, 4.69) is 4.72 Å². The molecule has 0 fully saturated rings. The number of nitrogens with two attached hydrogens (primary N) is 1. The van der Waals surface area contributed by atoms with Crippen molar-refractivity contribution in [3.05, 3.63) is 0 Å². The van der Waals surface area contributed by atoms with Crippen LogP contribution in [-0.2, 0) is 4.79 Å². The van der Waals surface area contributed by atoms with Crippen molar-refractivity contribution in [2.24, 2.45) is 11.1 Å². The molecule has 11 heavy (non-hydrogen) atoms. The Morgan fingerprint density at radius 3 is 2.09 bits per heavy atom. The zero-order chi connectivity index (χ0) is 9.07. The number of nitrogens with one attached hydrogen (secondary N) is 1. The molecule has 2 amide bonds. The lowest BCUT2D eigenvalue weighted by molar-refractivity contribution is -0.117. The Kier molecular flexibility index (Phi) is 3.38. The zero-order valence-corrected chi connectivity index (χ0v) is 7.62. The van der Waals surface area contributed by atoms with E-state index in [9.17, 15) is 9.59 Å². The third-order valence-electron chi connectivity index (χ3n) is 0.857. The van der Waals surface area contributed by atoms with Crippen LogP contribution in [0.5, 0.6) is 0 Å². The predicted molar refractivity (Wildman–Crippen MR) is 44.8 cm³/mol. The van der Waals surface area contributed by atoms with E-state index < -0.39 is 11.4 Å². The number of rotatable bonds is 0. The summed E-state index contributed by atoms with van der Waals surface area (Å²) in [6.07, 6.45) is 0. The normalized spacial score (nSPS) is 10.8. The Morgan fingerprint density at radius 2 is 1.82 bits per heavy atom. The van der Waals surface area contributed by atoms with Crippen LogP contribution in [0, 0.1) is 5.41 Å². The van der Waals surface area contributed by atoms with Crippen LogP contribution in [0.4, 0.5) is 4.79 Å². The second kappa shape index (κ2) is 3.61. The summed E-state index contributed by atoms with van der Waals surface area (Å²) in [4.78, 5) is 21.2. The molecule has 0 saturated carbocycles. The summed E-state index contributed by atoms with van der Waals surface area (Å²) in [5.41, 5.74) is 4.31. The van der Waals surface area contributed by atoms with Gasteiger partial charge in [-0.25, -0.2) is 4.79 Å². The van der Waals surface area contributed by atoms with Gasteiger partial charge in [-0.05, 0) is 0 Å². The molecule has 0 rings (SSSR count). The van der Waals surface area contributed by atoms with Crippen LogP contribution in [0.25, 0.3) is 0 Å². The standard InChI is InChI=1S/C6H12N2O2S/c1-6(2,3)4(9)11-8-5(7)10/h1-3H3,(H3,7,8,10). The molecule has 0 aromatic carbocycles. The number of hydrogen-bond acceptors (Lipinski definition) is 3. The summed E-state index contributed by atoms with van der Waals surface area (Å²) in [7, 11) is 0. The highest BCUT2D eigenvalue weighted by Gasteiger charge is 2.22. The summed E-state index contributed by atoms with van der Waals surface area (Å²) in [5, 5.41) is -0.115. The van der Waals surface area contributed by atoms with Gasteiger partial charge < -0.3 is 5.73 Å². The monoisotopic (exact) mass is 176 g/mol. The molecule has 0 aromatic heterocycles. The summed E-state index contributed by atoms with van der Waals surface area (Å²) >= 11 is 0.728. The minimum Gasteiger partial charge on any atom is -0.351 e. The molecule has 4 nitrogen and oxygen atoms in total. The molecule has 0 atom stereocenters. The molecule has 0 heterocycles. The van der Waals surface area contributed by atoms with Crippen molar-refractivity contribution in [1.82, 2.24) is 4.72 Å². The highest BCUT2D eigenvalue weighted by Crippen LogP contribution is 2.20. The maximum Gasteiger partial charge on any atom is 0.322 e. The van der Waals surface area contributed by atoms with Gasteiger partial charge in [0.05, 0.1) is 0 Å². The highest BCUT2D eigenvalue weighted by atomic mass is 32.2. The largest absolute Gasteiger partial charge is 0.351 e. The van der Waals surface area contributed by atoms with Gasteiger partial charge in [-0.2, -0.15) is 0 Å². The van der Waals surface area contributed by atoms with Gasteiger partial charge in [0.1, 0.15) is 0 Å². The maximum atomic E-state index is 11.1. The smallest absolute Gasteiger partial charge is 0.322 e. The molecule has 3 N–H and O–H groups in total. The van der Waals surface area contributed by atoms with E-state index in [0.717, 1.165) is 11.9 Å². The fraction of sp³-hybridized carbons (Fsp3) is 0.667. The quantitative estimate of drug-likeness (QED) is 0.538. The van der Waals surface area contributed by atoms with E-state index in [4.69, 9.17) is 5.73 Å². The van der Waals surface area contributed by atoms with Crippen LogP contribution in [0.2, 0.25) is 0 Å². The van der Waals surface area contributed by atoms with E-state index in [1.54, 1.807) is 20.8 Å². The lowest BCUT2D eigenvalue weighted by Crippen LogP contribution is -2.28. The van der Waals surface area contributed by atoms with Gasteiger partial charge in [-0.3, -0.25) is 9.52 Å². The average Bonchev–Trinajstić information content (AvgIpc) is 1.80. The maximum absolute atomic E-state index is 11.1. The lowest BCUT2D eigenvalue weighted by atomic mass is 10.00. The van der Waals surface area contributed by atoms with Crippen molar-refractivity contribution < 1.29 is 9.59 Å². The fourth-order valence-corrected chi connectivity index (χ4v) is 0.749. The van der Waals surface area contributed by atoms with Crippen molar-refractivity contribution in [3.63, 3.8) is 0 Å². The van der Waals surface area contributed by atoms with Gasteiger partial charge in [-0.15, -0.1) is 0 Å². The van der Waals surface area contributed by atoms with Gasteiger partial charge in [0.2, 0.25) is 5.12 Å². The average molecular weight is 176 g/mol. The van der Waals surface area contributed by atoms with E-state index >= 15 is 0 Å². The molecule has 0 unspecified atom stereocenters. The lowest BCUT2D eigenvalue weighted by Gasteiger charge is -2.14. The summed E-state index contributed by atoms with van der Waals surface area (Å²) < 4.78 is 2.16. The number of carbonyl (C=O) groups excluding carboxylic acids is 2. The molecule has 0 aliphatic carbocycles. The molecular weight excluding hydrogens is 164 g/mol. The van der Waals surface area contributed by atoms with E-state index in [1.807, 2.05) is 0 Å². The highest BCUT2D eigenvalue weighted by molar-refractivity contribution is 8.12. The Labute approximate surface area is 70.0 Å². The summed E-state index contributed by atoms with van der Waals surface area (Å²) in [6, 6.07) is -0.701. The van der Waals surface area contributed by atoms with Crippen LogP contribution in [-0.4, -0.2) is 11.1 Å². The Morgan fingerprint density at radius 1 is 1.36 bits per heavy atom. The molecule has 0 spiro atoms. The van der Waals surface area contributed by atoms with Crippen molar-refractivity contribution >= 4 is 23.1 Å². The van der Waals surface area contributed by atoms with Gasteiger partial charge in [0.15, 0.2) is 0 Å². The molecule has 0 aliphatic heterocycles. The number of hydrogen-bond donors (Lipinski definition) is 2. The number of amides is 2. The first kappa shape index (κ1) is 10.3. The summed E-state index contributed by atoms with van der Waals surface area (Å²) in [6.45, 7) is 5.31. The Hall–Kier alpha value is -0.710. The van der Waals surface area contributed by atoms with Gasteiger partial charge >= 0.3 is 6.03 Å². The van der Waals surface area contributed by atoms with Gasteiger partial charge in [-0.1, -0.05) is 20.8 Å². The van der Waals surface area contributed by atoms with Crippen LogP contribution in [0.1, 0.15) is 20.8 Å². The van der Waals surface area contributed by atoms with Crippen molar-refractivity contribution in [2.75, 3.05) is 0 Å². The van der Waals surface area contributed by atoms with Crippen molar-refractivity contribution in [3.8, 4) is 0 Å². The van der Waals surface area contributed by atoms with Crippen LogP contribution in [0.15, 0.2) is 0 Å². The second-order valence-corrected chi connectivity index (χ2v) is 3.88. The summed E-state index contributed by atoms with van der Waals surface area (Å²) in [5.74, 6) is 0. The number of urea groups is 1. The third kappa shape index (κ3) is 4.66. The van der Waals surface area contributed by atoms with E-state index in [0.29, 0.717) is 0 Å². The first-order chi connectivity index (χ1) is 4.84. The fourth-order valence-electron chi connectivity index (χ4n) is 0.250. The minimum absolute atomic E-state index is 0.115. The zero-order valence-electron chi connectivity index (χ0n) is 6.80. The van der Waals surface area contributed by atoms with Gasteiger partial charge in [0.25, 0.3) is 0 Å². The molecule has 0 aromatic rings.